The predicted octanol–water partition coefficient (Wildman–Crippen LogP) is 3.68. The van der Waals surface area contributed by atoms with Gasteiger partial charge in [-0.2, -0.15) is 0 Å². The minimum atomic E-state index is -3.55. The highest BCUT2D eigenvalue weighted by molar-refractivity contribution is 7.92. The fourth-order valence-corrected chi connectivity index (χ4v) is 4.10. The third-order valence-electron chi connectivity index (χ3n) is 4.24. The minimum absolute atomic E-state index is 0.0567. The third-order valence-corrected chi connectivity index (χ3v) is 5.65. The van der Waals surface area contributed by atoms with Gasteiger partial charge >= 0.3 is 0 Å². The van der Waals surface area contributed by atoms with Crippen molar-refractivity contribution in [2.24, 2.45) is 0 Å². The summed E-state index contributed by atoms with van der Waals surface area (Å²) >= 11 is 6.03. The van der Waals surface area contributed by atoms with Crippen LogP contribution in [0.1, 0.15) is 20.3 Å². The number of nitrogens with zero attached hydrogens (tertiary/aromatic N) is 1. The van der Waals surface area contributed by atoms with Gasteiger partial charge in [-0.3, -0.25) is 9.10 Å². The van der Waals surface area contributed by atoms with Crippen LogP contribution in [0.5, 0.6) is 11.5 Å². The van der Waals surface area contributed by atoms with Gasteiger partial charge in [0.2, 0.25) is 10.0 Å². The Kier molecular flexibility index (Phi) is 6.24. The Morgan fingerprint density at radius 3 is 2.55 bits per heavy atom. The van der Waals surface area contributed by atoms with E-state index in [1.807, 2.05) is 13.8 Å². The van der Waals surface area contributed by atoms with Crippen LogP contribution in [0.4, 0.5) is 11.4 Å². The van der Waals surface area contributed by atoms with E-state index in [0.29, 0.717) is 22.1 Å². The Labute approximate surface area is 175 Å². The zero-order valence-electron chi connectivity index (χ0n) is 16.4. The fraction of sp³-hybridized carbons (Fsp3) is 0.350. The molecule has 0 saturated carbocycles. The first-order valence-electron chi connectivity index (χ1n) is 9.15. The first-order valence-corrected chi connectivity index (χ1v) is 11.4. The van der Waals surface area contributed by atoms with Crippen LogP contribution < -0.4 is 19.1 Å². The largest absolute Gasteiger partial charge is 0.491 e. The lowest BCUT2D eigenvalue weighted by atomic mass is 10.2. The van der Waals surface area contributed by atoms with Gasteiger partial charge in [-0.1, -0.05) is 11.6 Å². The standard InChI is InChI=1S/C20H23ClN2O5S/c1-13(2)27-16-7-5-15(6-8-16)22-20(24)19-10-11-23(29(3,25)26)17-12-14(21)4-9-18(17)28-19/h4-9,12-13,19H,10-11H2,1-3H3,(H,22,24). The second kappa shape index (κ2) is 8.51. The smallest absolute Gasteiger partial charge is 0.265 e. The Bertz CT molecular complexity index is 992. The number of fused-ring (bicyclic) bond motifs is 1. The number of carbonyl (C=O) groups excluding carboxylic acids is 1. The molecule has 1 N–H and O–H groups in total. The summed E-state index contributed by atoms with van der Waals surface area (Å²) in [6, 6.07) is 11.7. The third kappa shape index (κ3) is 5.33. The van der Waals surface area contributed by atoms with Gasteiger partial charge in [0.25, 0.3) is 5.91 Å². The number of hydrogen-bond donors (Lipinski definition) is 1. The van der Waals surface area contributed by atoms with E-state index in [0.717, 1.165) is 6.26 Å². The highest BCUT2D eigenvalue weighted by Gasteiger charge is 2.31. The molecule has 2 aromatic rings. The summed E-state index contributed by atoms with van der Waals surface area (Å²) in [4.78, 5) is 12.8. The van der Waals surface area contributed by atoms with E-state index in [-0.39, 0.29) is 30.7 Å². The summed E-state index contributed by atoms with van der Waals surface area (Å²) < 4.78 is 37.1. The number of rotatable bonds is 5. The first kappa shape index (κ1) is 21.3. The predicted molar refractivity (Wildman–Crippen MR) is 114 cm³/mol. The van der Waals surface area contributed by atoms with Crippen molar-refractivity contribution in [3.63, 3.8) is 0 Å². The molecule has 1 aliphatic rings. The van der Waals surface area contributed by atoms with Crippen LogP contribution in [0.3, 0.4) is 0 Å². The van der Waals surface area contributed by atoms with Crippen molar-refractivity contribution in [1.29, 1.82) is 0 Å². The van der Waals surface area contributed by atoms with Crippen LogP contribution in [0.25, 0.3) is 0 Å². The zero-order valence-corrected chi connectivity index (χ0v) is 18.0. The second-order valence-electron chi connectivity index (χ2n) is 7.02. The number of carbonyl (C=O) groups is 1. The van der Waals surface area contributed by atoms with Crippen LogP contribution in [0.15, 0.2) is 42.5 Å². The summed E-state index contributed by atoms with van der Waals surface area (Å²) in [7, 11) is -3.55. The first-order chi connectivity index (χ1) is 13.6. The van der Waals surface area contributed by atoms with Crippen LogP contribution in [-0.4, -0.2) is 39.3 Å². The van der Waals surface area contributed by atoms with E-state index in [1.165, 1.54) is 10.4 Å². The van der Waals surface area contributed by atoms with Crippen LogP contribution in [-0.2, 0) is 14.8 Å². The lowest BCUT2D eigenvalue weighted by Gasteiger charge is -2.21. The highest BCUT2D eigenvalue weighted by Crippen LogP contribution is 2.36. The number of sulfonamides is 1. The molecule has 0 spiro atoms. The minimum Gasteiger partial charge on any atom is -0.491 e. The maximum absolute atomic E-state index is 12.8. The maximum atomic E-state index is 12.8. The maximum Gasteiger partial charge on any atom is 0.265 e. The number of amides is 1. The lowest BCUT2D eigenvalue weighted by Crippen LogP contribution is -2.35. The average molecular weight is 439 g/mol. The van der Waals surface area contributed by atoms with Gasteiger partial charge in [0.05, 0.1) is 18.0 Å². The van der Waals surface area contributed by atoms with Gasteiger partial charge in [0.1, 0.15) is 11.5 Å². The zero-order chi connectivity index (χ0) is 21.2. The quantitative estimate of drug-likeness (QED) is 0.769. The Hall–Kier alpha value is -2.45. The van der Waals surface area contributed by atoms with E-state index in [4.69, 9.17) is 21.1 Å². The Balaban J connectivity index is 1.78. The van der Waals surface area contributed by atoms with E-state index in [1.54, 1.807) is 36.4 Å². The highest BCUT2D eigenvalue weighted by atomic mass is 35.5. The molecule has 1 amide bonds. The van der Waals surface area contributed by atoms with Gasteiger partial charge in [-0.25, -0.2) is 8.42 Å². The van der Waals surface area contributed by atoms with E-state index in [9.17, 15) is 13.2 Å². The second-order valence-corrected chi connectivity index (χ2v) is 9.37. The molecule has 0 fully saturated rings. The van der Waals surface area contributed by atoms with Crippen LogP contribution >= 0.6 is 11.6 Å². The van der Waals surface area contributed by atoms with Crippen molar-refractivity contribution in [1.82, 2.24) is 0 Å². The number of nitrogens with one attached hydrogen (secondary N) is 1. The number of halogens is 1. The molecule has 1 unspecified atom stereocenters. The molecule has 156 valence electrons. The molecule has 0 bridgehead atoms. The Morgan fingerprint density at radius 1 is 1.24 bits per heavy atom. The van der Waals surface area contributed by atoms with Crippen molar-refractivity contribution < 1.29 is 22.7 Å². The molecule has 0 aromatic heterocycles. The van der Waals surface area contributed by atoms with E-state index >= 15 is 0 Å². The van der Waals surface area contributed by atoms with E-state index < -0.39 is 16.1 Å². The van der Waals surface area contributed by atoms with Gasteiger partial charge in [-0.05, 0) is 56.3 Å². The monoisotopic (exact) mass is 438 g/mol. The van der Waals surface area contributed by atoms with Crippen molar-refractivity contribution in [2.45, 2.75) is 32.5 Å². The molecule has 1 heterocycles. The molecule has 0 radical (unpaired) electrons. The number of anilines is 2. The van der Waals surface area contributed by atoms with E-state index in [2.05, 4.69) is 5.32 Å². The molecule has 0 saturated heterocycles. The molecule has 2 aromatic carbocycles. The van der Waals surface area contributed by atoms with Crippen molar-refractivity contribution in [3.05, 3.63) is 47.5 Å². The normalized spacial score (nSPS) is 16.6. The number of ether oxygens (including phenoxy) is 2. The van der Waals surface area contributed by atoms with Gasteiger partial charge in [0, 0.05) is 23.7 Å². The van der Waals surface area contributed by atoms with Crippen molar-refractivity contribution >= 4 is 38.9 Å². The molecule has 29 heavy (non-hydrogen) atoms. The lowest BCUT2D eigenvalue weighted by molar-refractivity contribution is -0.122. The van der Waals surface area contributed by atoms with Crippen LogP contribution in [0, 0.1) is 0 Å². The molecular weight excluding hydrogens is 416 g/mol. The summed E-state index contributed by atoms with van der Waals surface area (Å²) in [5.74, 6) is 0.634. The Morgan fingerprint density at radius 2 is 1.93 bits per heavy atom. The topological polar surface area (TPSA) is 84.9 Å². The van der Waals surface area contributed by atoms with Crippen molar-refractivity contribution in [2.75, 3.05) is 22.4 Å². The number of benzene rings is 2. The van der Waals surface area contributed by atoms with Gasteiger partial charge < -0.3 is 14.8 Å². The molecule has 1 atom stereocenters. The molecule has 7 nitrogen and oxygen atoms in total. The molecule has 9 heteroatoms. The molecule has 3 rings (SSSR count). The van der Waals surface area contributed by atoms with Gasteiger partial charge in [0.15, 0.2) is 6.10 Å². The summed E-state index contributed by atoms with van der Waals surface area (Å²) in [6.07, 6.45) is 0.507. The van der Waals surface area contributed by atoms with Gasteiger partial charge in [-0.15, -0.1) is 0 Å². The summed E-state index contributed by atoms with van der Waals surface area (Å²) in [5.41, 5.74) is 0.917. The van der Waals surface area contributed by atoms with Crippen LogP contribution in [0.2, 0.25) is 5.02 Å². The van der Waals surface area contributed by atoms with Crippen molar-refractivity contribution in [3.8, 4) is 11.5 Å². The molecule has 1 aliphatic heterocycles. The molecule has 0 aliphatic carbocycles. The average Bonchev–Trinajstić information content (AvgIpc) is 2.82. The fourth-order valence-electron chi connectivity index (χ4n) is 2.99. The number of hydrogen-bond acceptors (Lipinski definition) is 5. The SMILES string of the molecule is CC(C)Oc1ccc(NC(=O)C2CCN(S(C)(=O)=O)c3cc(Cl)ccc3O2)cc1. The molecular formula is C20H23ClN2O5S. The summed E-state index contributed by atoms with van der Waals surface area (Å²) in [6.45, 7) is 3.97. The summed E-state index contributed by atoms with van der Waals surface area (Å²) in [5, 5.41) is 3.18.